The van der Waals surface area contributed by atoms with Gasteiger partial charge in [-0.3, -0.25) is 4.99 Å². The summed E-state index contributed by atoms with van der Waals surface area (Å²) in [5, 5.41) is 6.72. The molecule has 1 aromatic carbocycles. The third-order valence-electron chi connectivity index (χ3n) is 4.52. The molecule has 1 N–H and O–H groups in total. The molecule has 0 fully saturated rings. The predicted molar refractivity (Wildman–Crippen MR) is 131 cm³/mol. The van der Waals surface area contributed by atoms with Gasteiger partial charge in [-0.1, -0.05) is 37.3 Å². The van der Waals surface area contributed by atoms with Gasteiger partial charge >= 0.3 is 0 Å². The van der Waals surface area contributed by atoms with E-state index in [4.69, 9.17) is 9.41 Å². The van der Waals surface area contributed by atoms with Gasteiger partial charge in [0.25, 0.3) is 0 Å². The Hall–Kier alpha value is -1.87. The molecule has 0 spiro atoms. The number of benzene rings is 1. The Labute approximate surface area is 194 Å². The molecule has 1 atom stereocenters. The van der Waals surface area contributed by atoms with Crippen LogP contribution >= 0.6 is 35.3 Å². The molecule has 0 aliphatic carbocycles. The molecule has 1 unspecified atom stereocenters. The van der Waals surface area contributed by atoms with E-state index in [9.17, 15) is 0 Å². The van der Waals surface area contributed by atoms with Gasteiger partial charge in [-0.05, 0) is 24.1 Å². The van der Waals surface area contributed by atoms with Crippen molar-refractivity contribution in [3.8, 4) is 0 Å². The van der Waals surface area contributed by atoms with Crippen LogP contribution in [0.1, 0.15) is 29.2 Å². The number of thiazole rings is 1. The van der Waals surface area contributed by atoms with E-state index >= 15 is 0 Å². The molecule has 0 aliphatic heterocycles. The van der Waals surface area contributed by atoms with Crippen LogP contribution in [0.5, 0.6) is 0 Å². The van der Waals surface area contributed by atoms with Crippen LogP contribution < -0.4 is 5.32 Å². The number of halogens is 1. The second-order valence-corrected chi connectivity index (χ2v) is 7.78. The minimum atomic E-state index is 0. The largest absolute Gasteiger partial charge is 0.469 e. The SMILES string of the molecule is CC(CN(C)C(=NCCc1ccco1)NCCc1ccccc1)c1nccs1.I. The molecule has 0 radical (unpaired) electrons. The van der Waals surface area contributed by atoms with Crippen LogP contribution in [-0.2, 0) is 12.8 Å². The first-order valence-electron chi connectivity index (χ1n) is 9.67. The summed E-state index contributed by atoms with van der Waals surface area (Å²) in [5.41, 5.74) is 1.32. The summed E-state index contributed by atoms with van der Waals surface area (Å²) in [7, 11) is 2.09. The molecule has 3 aromatic rings. The average Bonchev–Trinajstić information content (AvgIpc) is 3.41. The molecule has 3 rings (SSSR count). The molecular weight excluding hydrogens is 495 g/mol. The zero-order valence-corrected chi connectivity index (χ0v) is 20.1. The Morgan fingerprint density at radius 3 is 2.72 bits per heavy atom. The molecule has 0 saturated carbocycles. The van der Waals surface area contributed by atoms with Gasteiger partial charge < -0.3 is 14.6 Å². The maximum atomic E-state index is 5.42. The number of aliphatic imine (C=N–C) groups is 1. The lowest BCUT2D eigenvalue weighted by atomic mass is 10.1. The number of furan rings is 1. The molecule has 0 aliphatic rings. The van der Waals surface area contributed by atoms with Crippen molar-refractivity contribution in [1.29, 1.82) is 0 Å². The van der Waals surface area contributed by atoms with Crippen LogP contribution in [0.2, 0.25) is 0 Å². The van der Waals surface area contributed by atoms with Crippen molar-refractivity contribution in [2.75, 3.05) is 26.7 Å². The van der Waals surface area contributed by atoms with E-state index in [1.54, 1.807) is 17.6 Å². The minimum Gasteiger partial charge on any atom is -0.469 e. The first kappa shape index (κ1) is 23.4. The lowest BCUT2D eigenvalue weighted by Gasteiger charge is -2.25. The van der Waals surface area contributed by atoms with Gasteiger partial charge in [0.05, 0.1) is 11.3 Å². The van der Waals surface area contributed by atoms with Crippen molar-refractivity contribution in [3.05, 3.63) is 76.6 Å². The van der Waals surface area contributed by atoms with Gasteiger partial charge in [-0.15, -0.1) is 35.3 Å². The third-order valence-corrected chi connectivity index (χ3v) is 5.53. The second kappa shape index (κ2) is 12.6. The highest BCUT2D eigenvalue weighted by atomic mass is 127. The Balaban J connectivity index is 0.00000300. The van der Waals surface area contributed by atoms with Crippen molar-refractivity contribution in [1.82, 2.24) is 15.2 Å². The highest BCUT2D eigenvalue weighted by molar-refractivity contribution is 14.0. The van der Waals surface area contributed by atoms with Crippen LogP contribution in [-0.4, -0.2) is 42.5 Å². The monoisotopic (exact) mass is 524 g/mol. The lowest BCUT2D eigenvalue weighted by molar-refractivity contribution is 0.444. The minimum absolute atomic E-state index is 0. The summed E-state index contributed by atoms with van der Waals surface area (Å²) in [6.07, 6.45) is 5.34. The molecule has 0 saturated heterocycles. The van der Waals surface area contributed by atoms with Gasteiger partial charge in [0.2, 0.25) is 0 Å². The van der Waals surface area contributed by atoms with Crippen LogP contribution in [0.15, 0.2) is 69.7 Å². The maximum absolute atomic E-state index is 5.42. The Kier molecular flexibility index (Phi) is 10.2. The second-order valence-electron chi connectivity index (χ2n) is 6.85. The summed E-state index contributed by atoms with van der Waals surface area (Å²) >= 11 is 1.71. The molecule has 156 valence electrons. The average molecular weight is 524 g/mol. The summed E-state index contributed by atoms with van der Waals surface area (Å²) in [6, 6.07) is 14.4. The van der Waals surface area contributed by atoms with Crippen molar-refractivity contribution in [2.24, 2.45) is 4.99 Å². The van der Waals surface area contributed by atoms with E-state index in [2.05, 4.69) is 53.4 Å². The van der Waals surface area contributed by atoms with Gasteiger partial charge in [0, 0.05) is 50.6 Å². The van der Waals surface area contributed by atoms with E-state index in [0.717, 1.165) is 42.7 Å². The molecule has 2 heterocycles. The van der Waals surface area contributed by atoms with Crippen molar-refractivity contribution >= 4 is 41.3 Å². The molecule has 2 aromatic heterocycles. The van der Waals surface area contributed by atoms with Gasteiger partial charge in [0.1, 0.15) is 5.76 Å². The van der Waals surface area contributed by atoms with Gasteiger partial charge in [-0.25, -0.2) is 4.98 Å². The first-order valence-corrected chi connectivity index (χ1v) is 10.6. The van der Waals surface area contributed by atoms with E-state index in [1.807, 2.05) is 29.8 Å². The lowest BCUT2D eigenvalue weighted by Crippen LogP contribution is -2.41. The molecule has 5 nitrogen and oxygen atoms in total. The number of aromatic nitrogens is 1. The quantitative estimate of drug-likeness (QED) is 0.248. The standard InChI is InChI=1S/C22H28N4OS.HI/c1-18(21-23-14-16-28-21)17-26(2)22(25-13-11-20-9-6-15-27-20)24-12-10-19-7-4-3-5-8-19;/h3-9,14-16,18H,10-13,17H2,1-2H3,(H,24,25);1H. The van der Waals surface area contributed by atoms with E-state index in [1.165, 1.54) is 5.56 Å². The zero-order valence-electron chi connectivity index (χ0n) is 17.0. The van der Waals surface area contributed by atoms with Crippen LogP contribution in [0, 0.1) is 0 Å². The van der Waals surface area contributed by atoms with Crippen molar-refractivity contribution < 1.29 is 4.42 Å². The van der Waals surface area contributed by atoms with E-state index in [0.29, 0.717) is 12.5 Å². The summed E-state index contributed by atoms with van der Waals surface area (Å²) < 4.78 is 5.42. The molecule has 0 amide bonds. The normalized spacial score (nSPS) is 12.3. The maximum Gasteiger partial charge on any atom is 0.193 e. The number of likely N-dealkylation sites (N-methyl/N-ethyl adjacent to an activating group) is 1. The summed E-state index contributed by atoms with van der Waals surface area (Å²) in [6.45, 7) is 4.61. The van der Waals surface area contributed by atoms with Crippen molar-refractivity contribution in [2.45, 2.75) is 25.7 Å². The van der Waals surface area contributed by atoms with Gasteiger partial charge in [0.15, 0.2) is 5.96 Å². The number of rotatable bonds is 9. The Morgan fingerprint density at radius 2 is 2.03 bits per heavy atom. The number of hydrogen-bond acceptors (Lipinski definition) is 4. The highest BCUT2D eigenvalue weighted by Crippen LogP contribution is 2.18. The number of hydrogen-bond donors (Lipinski definition) is 1. The number of nitrogens with zero attached hydrogens (tertiary/aromatic N) is 3. The smallest absolute Gasteiger partial charge is 0.193 e. The zero-order chi connectivity index (χ0) is 19.6. The molecule has 29 heavy (non-hydrogen) atoms. The van der Waals surface area contributed by atoms with Crippen LogP contribution in [0.25, 0.3) is 0 Å². The predicted octanol–water partition coefficient (Wildman–Crippen LogP) is 4.82. The topological polar surface area (TPSA) is 53.7 Å². The Bertz CT molecular complexity index is 822. The highest BCUT2D eigenvalue weighted by Gasteiger charge is 2.14. The number of nitrogens with one attached hydrogen (secondary N) is 1. The Morgan fingerprint density at radius 1 is 1.21 bits per heavy atom. The van der Waals surface area contributed by atoms with E-state index in [-0.39, 0.29) is 24.0 Å². The fourth-order valence-electron chi connectivity index (χ4n) is 3.05. The number of guanidine groups is 1. The van der Waals surface area contributed by atoms with E-state index < -0.39 is 0 Å². The summed E-state index contributed by atoms with van der Waals surface area (Å²) in [5.74, 6) is 2.24. The summed E-state index contributed by atoms with van der Waals surface area (Å²) in [4.78, 5) is 11.5. The van der Waals surface area contributed by atoms with Gasteiger partial charge in [-0.2, -0.15) is 0 Å². The van der Waals surface area contributed by atoms with Crippen molar-refractivity contribution in [3.63, 3.8) is 0 Å². The molecular formula is C22H29IN4OS. The molecule has 0 bridgehead atoms. The molecule has 7 heteroatoms. The van der Waals surface area contributed by atoms with Crippen LogP contribution in [0.3, 0.4) is 0 Å². The first-order chi connectivity index (χ1) is 13.7. The fourth-order valence-corrected chi connectivity index (χ4v) is 3.74. The fraction of sp³-hybridized carbons (Fsp3) is 0.364. The third kappa shape index (κ3) is 7.81. The van der Waals surface area contributed by atoms with Crippen LogP contribution in [0.4, 0.5) is 0 Å².